The van der Waals surface area contributed by atoms with Gasteiger partial charge in [0.2, 0.25) is 0 Å². The molecule has 0 N–H and O–H groups in total. The Morgan fingerprint density at radius 1 is 0.559 bits per heavy atom. The van der Waals surface area contributed by atoms with E-state index in [1.165, 1.54) is 44.5 Å². The molecule has 0 heteroatoms. The first kappa shape index (κ1) is 21.6. The van der Waals surface area contributed by atoms with Crippen molar-refractivity contribution in [1.82, 2.24) is 0 Å². The van der Waals surface area contributed by atoms with E-state index in [9.17, 15) is 0 Å². The molecule has 34 heavy (non-hydrogen) atoms. The maximum Gasteiger partial charge on any atom is 0.0362 e. The van der Waals surface area contributed by atoms with Gasteiger partial charge < -0.3 is 0 Å². The molecule has 2 aliphatic rings. The molecule has 0 unspecified atom stereocenters. The van der Waals surface area contributed by atoms with Gasteiger partial charge >= 0.3 is 0 Å². The van der Waals surface area contributed by atoms with E-state index in [0.717, 1.165) is 24.0 Å². The Hall–Kier alpha value is -4.26. The van der Waals surface area contributed by atoms with E-state index >= 15 is 0 Å². The van der Waals surface area contributed by atoms with Crippen LogP contribution in [0.3, 0.4) is 0 Å². The minimum Gasteiger partial charge on any atom is -0.101 e. The van der Waals surface area contributed by atoms with Crippen LogP contribution in [0.15, 0.2) is 84.0 Å². The minimum absolute atomic E-state index is 0.886. The van der Waals surface area contributed by atoms with E-state index in [1.54, 1.807) is 0 Å². The quantitative estimate of drug-likeness (QED) is 0.369. The molecule has 0 atom stereocenters. The second-order valence-corrected chi connectivity index (χ2v) is 8.56. The first-order valence-electron chi connectivity index (χ1n) is 11.7. The molecular formula is C34H26. The minimum atomic E-state index is 0.886. The van der Waals surface area contributed by atoms with Gasteiger partial charge in [0, 0.05) is 11.1 Å². The summed E-state index contributed by atoms with van der Waals surface area (Å²) in [5.74, 6) is 13.2. The van der Waals surface area contributed by atoms with Gasteiger partial charge in [0.15, 0.2) is 0 Å². The molecule has 3 aromatic rings. The summed E-state index contributed by atoms with van der Waals surface area (Å²) < 4.78 is 0. The lowest BCUT2D eigenvalue weighted by Crippen LogP contribution is -2.02. The van der Waals surface area contributed by atoms with Crippen molar-refractivity contribution >= 4 is 24.3 Å². The number of allylic oxidation sites excluding steroid dienone is 4. The fraction of sp³-hybridized carbons (Fsp3) is 0.118. The molecule has 0 radical (unpaired) electrons. The number of hydrogen-bond donors (Lipinski definition) is 0. The Morgan fingerprint density at radius 2 is 0.971 bits per heavy atom. The molecule has 2 aliphatic carbocycles. The van der Waals surface area contributed by atoms with Gasteiger partial charge in [-0.05, 0) is 83.4 Å². The van der Waals surface area contributed by atoms with Crippen LogP contribution in [0.1, 0.15) is 58.4 Å². The predicted molar refractivity (Wildman–Crippen MR) is 146 cm³/mol. The second kappa shape index (κ2) is 9.70. The van der Waals surface area contributed by atoms with Gasteiger partial charge in [-0.25, -0.2) is 0 Å². The number of rotatable bonds is 4. The van der Waals surface area contributed by atoms with Crippen molar-refractivity contribution in [3.63, 3.8) is 0 Å². The fourth-order valence-corrected chi connectivity index (χ4v) is 4.75. The van der Waals surface area contributed by atoms with E-state index in [2.05, 4.69) is 109 Å². The number of fused-ring (bicyclic) bond motifs is 2. The lowest BCUT2D eigenvalue weighted by atomic mass is 9.88. The summed E-state index contributed by atoms with van der Waals surface area (Å²) in [7, 11) is 0. The fourth-order valence-electron chi connectivity index (χ4n) is 4.75. The van der Waals surface area contributed by atoms with Crippen molar-refractivity contribution in [3.05, 3.63) is 128 Å². The van der Waals surface area contributed by atoms with E-state index in [1.807, 2.05) is 26.0 Å². The third kappa shape index (κ3) is 4.32. The molecule has 0 fully saturated rings. The van der Waals surface area contributed by atoms with Crippen LogP contribution in [-0.2, 0) is 12.8 Å². The average molecular weight is 435 g/mol. The van der Waals surface area contributed by atoms with Gasteiger partial charge in [-0.2, -0.15) is 0 Å². The molecule has 3 aromatic carbocycles. The van der Waals surface area contributed by atoms with Crippen molar-refractivity contribution in [2.75, 3.05) is 0 Å². The normalized spacial score (nSPS) is 13.6. The molecule has 0 bridgehead atoms. The van der Waals surface area contributed by atoms with Gasteiger partial charge in [0.05, 0.1) is 0 Å². The summed E-state index contributed by atoms with van der Waals surface area (Å²) in [5, 5.41) is 0. The molecule has 0 aliphatic heterocycles. The van der Waals surface area contributed by atoms with E-state index in [0.29, 0.717) is 0 Å². The molecule has 5 rings (SSSR count). The van der Waals surface area contributed by atoms with Gasteiger partial charge in [-0.3, -0.25) is 0 Å². The first-order chi connectivity index (χ1) is 16.8. The highest BCUT2D eigenvalue weighted by molar-refractivity contribution is 5.85. The Kier molecular flexibility index (Phi) is 6.16. The van der Waals surface area contributed by atoms with Crippen LogP contribution in [0, 0.1) is 23.7 Å². The van der Waals surface area contributed by atoms with Gasteiger partial charge in [-0.15, -0.1) is 11.8 Å². The Bertz CT molecular complexity index is 1370. The molecule has 0 aromatic heterocycles. The highest BCUT2D eigenvalue weighted by atomic mass is 14.3. The maximum absolute atomic E-state index is 3.44. The molecule has 0 amide bonds. The first-order valence-corrected chi connectivity index (χ1v) is 11.7. The largest absolute Gasteiger partial charge is 0.101 e. The summed E-state index contributed by atoms with van der Waals surface area (Å²) in [4.78, 5) is 0. The van der Waals surface area contributed by atoms with Crippen LogP contribution in [0.5, 0.6) is 0 Å². The van der Waals surface area contributed by atoms with Crippen LogP contribution < -0.4 is 0 Å². The zero-order chi connectivity index (χ0) is 23.3. The topological polar surface area (TPSA) is 0 Å². The Balaban J connectivity index is 1.55. The maximum atomic E-state index is 3.44. The molecule has 0 spiro atoms. The lowest BCUT2D eigenvalue weighted by molar-refractivity contribution is 1.18. The van der Waals surface area contributed by atoms with Crippen molar-refractivity contribution in [3.8, 4) is 23.7 Å². The summed E-state index contributed by atoms with van der Waals surface area (Å²) in [6.45, 7) is 3.85. The summed E-state index contributed by atoms with van der Waals surface area (Å²) in [6, 6.07) is 20.9. The van der Waals surface area contributed by atoms with Crippen molar-refractivity contribution < 1.29 is 0 Å². The molecule has 0 saturated heterocycles. The second-order valence-electron chi connectivity index (χ2n) is 8.56. The van der Waals surface area contributed by atoms with Gasteiger partial charge in [0.1, 0.15) is 0 Å². The molecule has 162 valence electrons. The monoisotopic (exact) mass is 434 g/mol. The average Bonchev–Trinajstić information content (AvgIpc) is 3.49. The predicted octanol–water partition coefficient (Wildman–Crippen LogP) is 7.74. The molecule has 0 heterocycles. The van der Waals surface area contributed by atoms with Crippen molar-refractivity contribution in [2.24, 2.45) is 0 Å². The van der Waals surface area contributed by atoms with Crippen LogP contribution in [-0.4, -0.2) is 0 Å². The molecule has 0 nitrogen and oxygen atoms in total. The van der Waals surface area contributed by atoms with Crippen LogP contribution in [0.4, 0.5) is 0 Å². The van der Waals surface area contributed by atoms with Crippen molar-refractivity contribution in [1.29, 1.82) is 0 Å². The van der Waals surface area contributed by atoms with Gasteiger partial charge in [-0.1, -0.05) is 96.8 Å². The van der Waals surface area contributed by atoms with Crippen LogP contribution in [0.2, 0.25) is 0 Å². The van der Waals surface area contributed by atoms with Crippen molar-refractivity contribution in [2.45, 2.75) is 26.7 Å². The SMILES string of the molecule is CC#Cc1c2c(c(C#CC)c3c1CC(/C=C/c1ccccc1)=C3)CC(/C=C/c1ccccc1)=C2. The van der Waals surface area contributed by atoms with E-state index in [4.69, 9.17) is 0 Å². The number of benzene rings is 3. The van der Waals surface area contributed by atoms with E-state index < -0.39 is 0 Å². The zero-order valence-electron chi connectivity index (χ0n) is 19.7. The highest BCUT2D eigenvalue weighted by Crippen LogP contribution is 2.41. The number of hydrogen-bond acceptors (Lipinski definition) is 0. The van der Waals surface area contributed by atoms with Crippen LogP contribution >= 0.6 is 0 Å². The van der Waals surface area contributed by atoms with Gasteiger partial charge in [0.25, 0.3) is 0 Å². The lowest BCUT2D eigenvalue weighted by Gasteiger charge is -2.13. The zero-order valence-corrected chi connectivity index (χ0v) is 19.7. The summed E-state index contributed by atoms with van der Waals surface area (Å²) in [5.41, 5.74) is 12.5. The van der Waals surface area contributed by atoms with Crippen LogP contribution in [0.25, 0.3) is 24.3 Å². The Morgan fingerprint density at radius 3 is 1.35 bits per heavy atom. The third-order valence-electron chi connectivity index (χ3n) is 6.29. The smallest absolute Gasteiger partial charge is 0.0362 e. The Labute approximate surface area is 203 Å². The highest BCUT2D eigenvalue weighted by Gasteiger charge is 2.27. The van der Waals surface area contributed by atoms with E-state index in [-0.39, 0.29) is 0 Å². The third-order valence-corrected chi connectivity index (χ3v) is 6.29. The summed E-state index contributed by atoms with van der Waals surface area (Å²) >= 11 is 0. The standard InChI is InChI=1S/C34H26/c1-3-11-29-31-21-27(19-17-25-13-7-5-8-14-25)23-33(31)30(12-4-2)34-24-28(22-32(29)34)20-18-26-15-9-6-10-16-26/h5-10,13-21,24H,22-23H2,1-2H3/b19-17+,20-18+. The summed E-state index contributed by atoms with van der Waals surface area (Å²) in [6.07, 6.45) is 15.2. The molecule has 0 saturated carbocycles. The molecular weight excluding hydrogens is 408 g/mol.